The zero-order valence-electron chi connectivity index (χ0n) is 16.6. The van der Waals surface area contributed by atoms with Crippen LogP contribution in [-0.2, 0) is 25.5 Å². The van der Waals surface area contributed by atoms with E-state index in [0.717, 1.165) is 23.8 Å². The van der Waals surface area contributed by atoms with Crippen molar-refractivity contribution in [3.63, 3.8) is 0 Å². The van der Waals surface area contributed by atoms with E-state index >= 15 is 0 Å². The van der Waals surface area contributed by atoms with E-state index < -0.39 is 17.6 Å². The van der Waals surface area contributed by atoms with E-state index in [4.69, 9.17) is 13.9 Å². The number of carbonyl (C=O) groups excluding carboxylic acids is 2. The predicted molar refractivity (Wildman–Crippen MR) is 111 cm³/mol. The molecule has 2 aliphatic rings. The highest BCUT2D eigenvalue weighted by atomic mass is 32.2. The predicted octanol–water partition coefficient (Wildman–Crippen LogP) is 2.19. The van der Waals surface area contributed by atoms with Crippen molar-refractivity contribution in [2.24, 2.45) is 0 Å². The van der Waals surface area contributed by atoms with Crippen molar-refractivity contribution in [3.05, 3.63) is 36.1 Å². The Morgan fingerprint density at radius 1 is 1.31 bits per heavy atom. The van der Waals surface area contributed by atoms with Crippen molar-refractivity contribution in [1.82, 2.24) is 10.2 Å². The number of ether oxygens (including phenoxy) is 2. The number of likely N-dealkylation sites (tertiary alicyclic amines) is 1. The molecule has 7 nitrogen and oxygen atoms in total. The molecule has 1 aromatic carbocycles. The third-order valence-electron chi connectivity index (χ3n) is 5.64. The number of ketones is 1. The number of rotatable bonds is 7. The minimum atomic E-state index is -0.535. The van der Waals surface area contributed by atoms with Gasteiger partial charge in [-0.05, 0) is 25.0 Å². The fraction of sp³-hybridized carbons (Fsp3) is 0.524. The molecule has 1 unspecified atom stereocenters. The van der Waals surface area contributed by atoms with Crippen LogP contribution < -0.4 is 5.32 Å². The number of fused-ring (bicyclic) bond motifs is 1. The van der Waals surface area contributed by atoms with E-state index in [9.17, 15) is 9.59 Å². The molecule has 0 bridgehead atoms. The van der Waals surface area contributed by atoms with E-state index in [1.54, 1.807) is 14.2 Å². The molecular formula is C21H26N2O5S. The first-order chi connectivity index (χ1) is 14.1. The molecule has 29 heavy (non-hydrogen) atoms. The Bertz CT molecular complexity index is 848. The van der Waals surface area contributed by atoms with Crippen molar-refractivity contribution >= 4 is 34.4 Å². The number of amides is 1. The molecule has 2 fully saturated rings. The Balaban J connectivity index is 1.46. The monoisotopic (exact) mass is 418 g/mol. The molecule has 2 saturated heterocycles. The van der Waals surface area contributed by atoms with Crippen LogP contribution in [0.1, 0.15) is 18.6 Å². The van der Waals surface area contributed by atoms with Gasteiger partial charge in [-0.2, -0.15) is 0 Å². The Morgan fingerprint density at radius 3 is 2.86 bits per heavy atom. The highest BCUT2D eigenvalue weighted by Gasteiger charge is 2.44. The molecular weight excluding hydrogens is 392 g/mol. The summed E-state index contributed by atoms with van der Waals surface area (Å²) in [6.07, 6.45) is 1.45. The molecule has 0 spiro atoms. The zero-order valence-corrected chi connectivity index (χ0v) is 17.4. The summed E-state index contributed by atoms with van der Waals surface area (Å²) in [5.74, 6) is 1.15. The maximum absolute atomic E-state index is 13.3. The topological polar surface area (TPSA) is 81.0 Å². The highest BCUT2D eigenvalue weighted by Crippen LogP contribution is 2.30. The summed E-state index contributed by atoms with van der Waals surface area (Å²) >= 11 is 1.48. The Morgan fingerprint density at radius 2 is 2.10 bits per heavy atom. The second-order valence-corrected chi connectivity index (χ2v) is 8.52. The molecule has 1 amide bonds. The molecule has 1 aromatic heterocycles. The van der Waals surface area contributed by atoms with Gasteiger partial charge in [0.1, 0.15) is 17.4 Å². The SMILES string of the molecule is COC(OC)[C@@H]1CCCN1C(=O)[C@H]1NCSC1C(=O)Cc1cc2ccccc2o1. The third kappa shape index (κ3) is 4.07. The lowest BCUT2D eigenvalue weighted by Gasteiger charge is -2.32. The summed E-state index contributed by atoms with van der Waals surface area (Å²) in [4.78, 5) is 28.1. The second-order valence-electron chi connectivity index (χ2n) is 7.39. The normalized spacial score (nSPS) is 24.7. The average Bonchev–Trinajstić information content (AvgIpc) is 3.47. The fourth-order valence-electron chi connectivity index (χ4n) is 4.26. The Labute approximate surface area is 174 Å². The van der Waals surface area contributed by atoms with Crippen molar-refractivity contribution in [2.75, 3.05) is 26.6 Å². The van der Waals surface area contributed by atoms with Crippen LogP contribution in [0.2, 0.25) is 0 Å². The van der Waals surface area contributed by atoms with Gasteiger partial charge >= 0.3 is 0 Å². The standard InChI is InChI=1S/C21H26N2O5S/c1-26-21(27-2)15-7-5-9-23(15)20(25)18-19(29-12-22-18)16(24)11-14-10-13-6-3-4-8-17(13)28-14/h3-4,6,8,10,15,18-19,21-22H,5,7,9,11-12H2,1-2H3/t15-,18-,19?/m0/s1. The molecule has 156 valence electrons. The molecule has 8 heteroatoms. The van der Waals surface area contributed by atoms with Gasteiger partial charge in [-0.1, -0.05) is 18.2 Å². The summed E-state index contributed by atoms with van der Waals surface area (Å²) in [7, 11) is 3.16. The molecule has 0 radical (unpaired) electrons. The van der Waals surface area contributed by atoms with Gasteiger partial charge in [-0.15, -0.1) is 11.8 Å². The zero-order chi connectivity index (χ0) is 20.4. The van der Waals surface area contributed by atoms with Crippen LogP contribution in [0.3, 0.4) is 0 Å². The van der Waals surface area contributed by atoms with Crippen molar-refractivity contribution in [1.29, 1.82) is 0 Å². The summed E-state index contributed by atoms with van der Waals surface area (Å²) < 4.78 is 16.6. The van der Waals surface area contributed by atoms with Gasteiger partial charge in [-0.25, -0.2) is 0 Å². The number of furan rings is 1. The summed E-state index contributed by atoms with van der Waals surface area (Å²) in [5, 5.41) is 3.76. The minimum Gasteiger partial charge on any atom is -0.461 e. The number of hydrogen-bond donors (Lipinski definition) is 1. The lowest BCUT2D eigenvalue weighted by molar-refractivity contribution is -0.158. The Kier molecular flexibility index (Phi) is 6.24. The first kappa shape index (κ1) is 20.4. The van der Waals surface area contributed by atoms with Crippen LogP contribution in [-0.4, -0.2) is 66.9 Å². The number of carbonyl (C=O) groups is 2. The highest BCUT2D eigenvalue weighted by molar-refractivity contribution is 8.00. The van der Waals surface area contributed by atoms with Crippen LogP contribution in [0.4, 0.5) is 0 Å². The maximum atomic E-state index is 13.3. The first-order valence-electron chi connectivity index (χ1n) is 9.83. The summed E-state index contributed by atoms with van der Waals surface area (Å²) in [6.45, 7) is 0.653. The molecule has 2 aliphatic heterocycles. The summed E-state index contributed by atoms with van der Waals surface area (Å²) in [5.41, 5.74) is 0.769. The maximum Gasteiger partial charge on any atom is 0.241 e. The lowest BCUT2D eigenvalue weighted by Crippen LogP contribution is -2.54. The molecule has 3 heterocycles. The largest absolute Gasteiger partial charge is 0.461 e. The number of nitrogens with zero attached hydrogens (tertiary/aromatic N) is 1. The number of para-hydroxylation sites is 1. The van der Waals surface area contributed by atoms with Crippen molar-refractivity contribution < 1.29 is 23.5 Å². The van der Waals surface area contributed by atoms with Crippen LogP contribution in [0.25, 0.3) is 11.0 Å². The number of benzene rings is 1. The number of hydrogen-bond acceptors (Lipinski definition) is 7. The van der Waals surface area contributed by atoms with Crippen LogP contribution >= 0.6 is 11.8 Å². The summed E-state index contributed by atoms with van der Waals surface area (Å²) in [6, 6.07) is 8.92. The Hall–Kier alpha value is -1.87. The third-order valence-corrected chi connectivity index (χ3v) is 6.87. The minimum absolute atomic E-state index is 0.00295. The second kappa shape index (κ2) is 8.87. The number of Topliss-reactive ketones (excluding diaryl/α,β-unsaturated/α-hetero) is 1. The fourth-order valence-corrected chi connectivity index (χ4v) is 5.39. The van der Waals surface area contributed by atoms with E-state index in [2.05, 4.69) is 5.32 Å². The van der Waals surface area contributed by atoms with Gasteiger partial charge in [0.05, 0.1) is 17.7 Å². The molecule has 2 aromatic rings. The van der Waals surface area contributed by atoms with Gasteiger partial charge in [0.25, 0.3) is 0 Å². The first-order valence-corrected chi connectivity index (χ1v) is 10.9. The molecule has 4 rings (SSSR count). The van der Waals surface area contributed by atoms with Gasteiger partial charge in [0.15, 0.2) is 12.1 Å². The van der Waals surface area contributed by atoms with E-state index in [1.807, 2.05) is 35.2 Å². The van der Waals surface area contributed by atoms with Crippen LogP contribution in [0.15, 0.2) is 34.7 Å². The van der Waals surface area contributed by atoms with Crippen molar-refractivity contribution in [2.45, 2.75) is 42.9 Å². The lowest BCUT2D eigenvalue weighted by atomic mass is 10.0. The van der Waals surface area contributed by atoms with Gasteiger partial charge in [-0.3, -0.25) is 14.9 Å². The molecule has 0 aliphatic carbocycles. The quantitative estimate of drug-likeness (QED) is 0.690. The van der Waals surface area contributed by atoms with Crippen molar-refractivity contribution in [3.8, 4) is 0 Å². The van der Waals surface area contributed by atoms with Crippen LogP contribution in [0, 0.1) is 0 Å². The molecule has 1 N–H and O–H groups in total. The van der Waals surface area contributed by atoms with E-state index in [-0.39, 0.29) is 24.2 Å². The van der Waals surface area contributed by atoms with E-state index in [1.165, 1.54) is 11.8 Å². The van der Waals surface area contributed by atoms with Crippen LogP contribution in [0.5, 0.6) is 0 Å². The number of thioether (sulfide) groups is 1. The van der Waals surface area contributed by atoms with Gasteiger partial charge < -0.3 is 18.8 Å². The van der Waals surface area contributed by atoms with Gasteiger partial charge in [0.2, 0.25) is 5.91 Å². The average molecular weight is 419 g/mol. The number of nitrogens with one attached hydrogen (secondary N) is 1. The molecule has 0 saturated carbocycles. The van der Waals surface area contributed by atoms with Gasteiger partial charge in [0, 0.05) is 32.0 Å². The molecule has 3 atom stereocenters. The smallest absolute Gasteiger partial charge is 0.241 e. The number of methoxy groups -OCH3 is 2. The van der Waals surface area contributed by atoms with E-state index in [0.29, 0.717) is 18.2 Å².